The average molecular weight is 517 g/mol. The SMILES string of the molecule is CCCCCCCCCCCCCCC/C=C1\CC[C@H](CCCCCCCCCCCCCCCC)C1. The number of hydrogen-bond acceptors (Lipinski definition) is 0. The summed E-state index contributed by atoms with van der Waals surface area (Å²) in [5.74, 6) is 1.02. The topological polar surface area (TPSA) is 0 Å². The molecular formula is C37H72. The molecule has 0 aromatic rings. The van der Waals surface area contributed by atoms with Crippen LogP contribution < -0.4 is 0 Å². The molecule has 1 atom stereocenters. The van der Waals surface area contributed by atoms with Crippen LogP contribution in [0.1, 0.15) is 219 Å². The summed E-state index contributed by atoms with van der Waals surface area (Å²) >= 11 is 0. The van der Waals surface area contributed by atoms with Crippen LogP contribution in [-0.2, 0) is 0 Å². The molecule has 1 rings (SSSR count). The highest BCUT2D eigenvalue weighted by molar-refractivity contribution is 5.08. The predicted octanol–water partition coefficient (Wildman–Crippen LogP) is 14.1. The molecule has 0 aliphatic heterocycles. The largest absolute Gasteiger partial charge is 0.0853 e. The molecule has 0 unspecified atom stereocenters. The van der Waals surface area contributed by atoms with E-state index in [1.54, 1.807) is 0 Å². The van der Waals surface area contributed by atoms with Crippen LogP contribution in [-0.4, -0.2) is 0 Å². The highest BCUT2D eigenvalue weighted by Crippen LogP contribution is 2.34. The Hall–Kier alpha value is -0.260. The molecule has 1 fully saturated rings. The molecule has 220 valence electrons. The van der Waals surface area contributed by atoms with Crippen molar-refractivity contribution in [3.05, 3.63) is 11.6 Å². The van der Waals surface area contributed by atoms with E-state index in [4.69, 9.17) is 0 Å². The molecule has 1 aliphatic rings. The van der Waals surface area contributed by atoms with Crippen LogP contribution in [0.2, 0.25) is 0 Å². The van der Waals surface area contributed by atoms with Crippen LogP contribution in [0.4, 0.5) is 0 Å². The van der Waals surface area contributed by atoms with E-state index in [-0.39, 0.29) is 0 Å². The molecule has 0 N–H and O–H groups in total. The first kappa shape index (κ1) is 34.8. The van der Waals surface area contributed by atoms with Crippen molar-refractivity contribution in [3.8, 4) is 0 Å². The van der Waals surface area contributed by atoms with Crippen molar-refractivity contribution in [3.63, 3.8) is 0 Å². The maximum atomic E-state index is 2.64. The van der Waals surface area contributed by atoms with Crippen LogP contribution in [0.5, 0.6) is 0 Å². The normalized spacial score (nSPS) is 16.8. The van der Waals surface area contributed by atoms with Crippen LogP contribution in [0, 0.1) is 5.92 Å². The van der Waals surface area contributed by atoms with Crippen LogP contribution in [0.25, 0.3) is 0 Å². The van der Waals surface area contributed by atoms with Gasteiger partial charge in [0.15, 0.2) is 0 Å². The van der Waals surface area contributed by atoms with Crippen molar-refractivity contribution in [2.45, 2.75) is 219 Å². The van der Waals surface area contributed by atoms with E-state index in [9.17, 15) is 0 Å². The summed E-state index contributed by atoms with van der Waals surface area (Å²) in [7, 11) is 0. The second-order valence-corrected chi connectivity index (χ2v) is 12.9. The van der Waals surface area contributed by atoms with Crippen molar-refractivity contribution in [1.29, 1.82) is 0 Å². The van der Waals surface area contributed by atoms with E-state index < -0.39 is 0 Å². The van der Waals surface area contributed by atoms with Crippen LogP contribution in [0.15, 0.2) is 11.6 Å². The van der Waals surface area contributed by atoms with Gasteiger partial charge in [-0.3, -0.25) is 0 Å². The molecule has 0 heterocycles. The minimum Gasteiger partial charge on any atom is -0.0853 e. The highest BCUT2D eigenvalue weighted by atomic mass is 14.2. The molecule has 1 saturated carbocycles. The van der Waals surface area contributed by atoms with Crippen LogP contribution in [0.3, 0.4) is 0 Å². The Kier molecular flexibility index (Phi) is 27.0. The highest BCUT2D eigenvalue weighted by Gasteiger charge is 2.18. The number of unbranched alkanes of at least 4 members (excludes halogenated alkanes) is 26. The van der Waals surface area contributed by atoms with Gasteiger partial charge in [0.1, 0.15) is 0 Å². The van der Waals surface area contributed by atoms with Gasteiger partial charge < -0.3 is 0 Å². The monoisotopic (exact) mass is 517 g/mol. The van der Waals surface area contributed by atoms with Gasteiger partial charge in [-0.1, -0.05) is 199 Å². The number of allylic oxidation sites excluding steroid dienone is 2. The third-order valence-electron chi connectivity index (χ3n) is 9.13. The van der Waals surface area contributed by atoms with Gasteiger partial charge in [0.2, 0.25) is 0 Å². The first-order valence-corrected chi connectivity index (χ1v) is 18.0. The first-order chi connectivity index (χ1) is 18.4. The average Bonchev–Trinajstić information content (AvgIpc) is 3.36. The van der Waals surface area contributed by atoms with Gasteiger partial charge >= 0.3 is 0 Å². The van der Waals surface area contributed by atoms with Crippen molar-refractivity contribution in [2.24, 2.45) is 5.92 Å². The zero-order chi connectivity index (χ0) is 26.5. The quantitative estimate of drug-likeness (QED) is 0.0684. The zero-order valence-electron chi connectivity index (χ0n) is 26.3. The molecule has 0 radical (unpaired) electrons. The lowest BCUT2D eigenvalue weighted by Gasteiger charge is -2.08. The molecule has 0 amide bonds. The molecular weight excluding hydrogens is 444 g/mol. The standard InChI is InChI=1S/C37H72/c1-3-5-7-9-11-13-15-17-19-21-23-25-27-29-31-36-33-34-37(35-36)32-30-28-26-24-22-20-18-16-14-12-10-8-6-4-2/h31,37H,3-30,32-35H2,1-2H3/b36-31+/t37-/m0/s1. The lowest BCUT2D eigenvalue weighted by Crippen LogP contribution is -1.93. The predicted molar refractivity (Wildman–Crippen MR) is 171 cm³/mol. The summed E-state index contributed by atoms with van der Waals surface area (Å²) in [5.41, 5.74) is 1.81. The van der Waals surface area contributed by atoms with Gasteiger partial charge in [0, 0.05) is 0 Å². The van der Waals surface area contributed by atoms with Crippen molar-refractivity contribution in [2.75, 3.05) is 0 Å². The molecule has 1 aliphatic carbocycles. The second kappa shape index (κ2) is 28.7. The Morgan fingerprint density at radius 3 is 1.22 bits per heavy atom. The molecule has 0 aromatic heterocycles. The fourth-order valence-corrected chi connectivity index (χ4v) is 6.49. The zero-order valence-corrected chi connectivity index (χ0v) is 26.3. The molecule has 0 saturated heterocycles. The summed E-state index contributed by atoms with van der Waals surface area (Å²) in [6.45, 7) is 4.62. The summed E-state index contributed by atoms with van der Waals surface area (Å²) < 4.78 is 0. The molecule has 0 heteroatoms. The molecule has 0 spiro atoms. The molecule has 37 heavy (non-hydrogen) atoms. The number of rotatable bonds is 29. The fourth-order valence-electron chi connectivity index (χ4n) is 6.49. The molecule has 0 bridgehead atoms. The lowest BCUT2D eigenvalue weighted by molar-refractivity contribution is 0.464. The molecule has 0 aromatic carbocycles. The minimum absolute atomic E-state index is 1.02. The smallest absolute Gasteiger partial charge is 0.0292 e. The minimum atomic E-state index is 1.02. The summed E-state index contributed by atoms with van der Waals surface area (Å²) in [5, 5.41) is 0. The second-order valence-electron chi connectivity index (χ2n) is 12.9. The van der Waals surface area contributed by atoms with Crippen molar-refractivity contribution in [1.82, 2.24) is 0 Å². The summed E-state index contributed by atoms with van der Waals surface area (Å²) in [4.78, 5) is 0. The van der Waals surface area contributed by atoms with E-state index in [0.29, 0.717) is 0 Å². The van der Waals surface area contributed by atoms with Gasteiger partial charge in [0.25, 0.3) is 0 Å². The van der Waals surface area contributed by atoms with E-state index in [1.807, 2.05) is 5.57 Å². The maximum absolute atomic E-state index is 2.64. The van der Waals surface area contributed by atoms with E-state index in [2.05, 4.69) is 19.9 Å². The van der Waals surface area contributed by atoms with Gasteiger partial charge in [-0.2, -0.15) is 0 Å². The fraction of sp³-hybridized carbons (Fsp3) is 0.946. The Morgan fingerprint density at radius 2 is 0.811 bits per heavy atom. The summed E-state index contributed by atoms with van der Waals surface area (Å²) in [6, 6.07) is 0. The lowest BCUT2D eigenvalue weighted by atomic mass is 9.98. The Labute approximate surface area is 236 Å². The van der Waals surface area contributed by atoms with Crippen molar-refractivity contribution >= 4 is 0 Å². The Morgan fingerprint density at radius 1 is 0.459 bits per heavy atom. The summed E-state index contributed by atoms with van der Waals surface area (Å²) in [6.07, 6.45) is 49.5. The Balaban J connectivity index is 1.79. The van der Waals surface area contributed by atoms with E-state index in [1.165, 1.54) is 205 Å². The van der Waals surface area contributed by atoms with Crippen molar-refractivity contribution < 1.29 is 0 Å². The van der Waals surface area contributed by atoms with Gasteiger partial charge in [-0.05, 0) is 38.0 Å². The first-order valence-electron chi connectivity index (χ1n) is 18.0. The van der Waals surface area contributed by atoms with Crippen LogP contribution >= 0.6 is 0 Å². The third-order valence-corrected chi connectivity index (χ3v) is 9.13. The molecule has 0 nitrogen and oxygen atoms in total. The number of hydrogen-bond donors (Lipinski definition) is 0. The van der Waals surface area contributed by atoms with Gasteiger partial charge in [0.05, 0.1) is 0 Å². The maximum Gasteiger partial charge on any atom is -0.0292 e. The van der Waals surface area contributed by atoms with E-state index in [0.717, 1.165) is 5.92 Å². The van der Waals surface area contributed by atoms with Gasteiger partial charge in [-0.25, -0.2) is 0 Å². The Bertz CT molecular complexity index is 461. The van der Waals surface area contributed by atoms with E-state index >= 15 is 0 Å². The van der Waals surface area contributed by atoms with Gasteiger partial charge in [-0.15, -0.1) is 0 Å². The third kappa shape index (κ3) is 24.5.